The summed E-state index contributed by atoms with van der Waals surface area (Å²) >= 11 is 1.65. The minimum Gasteiger partial charge on any atom is -0.497 e. The first-order valence-corrected chi connectivity index (χ1v) is 14.9. The topological polar surface area (TPSA) is 73.2 Å². The Labute approximate surface area is 255 Å². The predicted molar refractivity (Wildman–Crippen MR) is 171 cm³/mol. The molecule has 43 heavy (non-hydrogen) atoms. The molecule has 6 rings (SSSR count). The monoisotopic (exact) mass is 589 g/mol. The van der Waals surface area contributed by atoms with E-state index in [-0.39, 0.29) is 12.0 Å². The fourth-order valence-electron chi connectivity index (χ4n) is 5.05. The fraction of sp³-hybridized carbons (Fsp3) is 0.171. The van der Waals surface area contributed by atoms with Gasteiger partial charge in [0.15, 0.2) is 0 Å². The van der Waals surface area contributed by atoms with Crippen molar-refractivity contribution in [3.63, 3.8) is 0 Å². The highest BCUT2D eigenvalue weighted by atomic mass is 32.1. The summed E-state index contributed by atoms with van der Waals surface area (Å²) in [6, 6.07) is 32.6. The van der Waals surface area contributed by atoms with Crippen molar-refractivity contribution in [3.8, 4) is 28.5 Å². The lowest BCUT2D eigenvalue weighted by atomic mass is 9.98. The normalized spacial score (nSPS) is 14.3. The van der Waals surface area contributed by atoms with Gasteiger partial charge in [0.05, 0.1) is 37.2 Å². The summed E-state index contributed by atoms with van der Waals surface area (Å²) in [6.45, 7) is 2.13. The molecule has 1 aliphatic heterocycles. The molecule has 0 radical (unpaired) electrons. The molecule has 1 aromatic heterocycles. The van der Waals surface area contributed by atoms with Gasteiger partial charge in [0.25, 0.3) is 0 Å². The van der Waals surface area contributed by atoms with Crippen LogP contribution in [0.25, 0.3) is 11.3 Å². The first kappa shape index (κ1) is 28.2. The van der Waals surface area contributed by atoms with E-state index in [0.717, 1.165) is 62.4 Å². The highest BCUT2D eigenvalue weighted by Gasteiger charge is 2.32. The Hall–Kier alpha value is -4.95. The van der Waals surface area contributed by atoms with Gasteiger partial charge in [-0.05, 0) is 90.3 Å². The lowest BCUT2D eigenvalue weighted by molar-refractivity contribution is 0.0734. The Balaban J connectivity index is 1.31. The van der Waals surface area contributed by atoms with Crippen LogP contribution in [0.3, 0.4) is 0 Å². The molecule has 0 amide bonds. The molecular weight excluding hydrogens is 558 g/mol. The summed E-state index contributed by atoms with van der Waals surface area (Å²) in [5, 5.41) is 7.99. The molecule has 7 nitrogen and oxygen atoms in total. The van der Waals surface area contributed by atoms with Gasteiger partial charge in [-0.2, -0.15) is 5.10 Å². The number of hydrazone groups is 1. The minimum atomic E-state index is -0.386. The molecule has 5 aromatic rings. The first-order valence-electron chi connectivity index (χ1n) is 14.1. The number of anilines is 1. The van der Waals surface area contributed by atoms with Gasteiger partial charge in [-0.3, -0.25) is 0 Å². The van der Waals surface area contributed by atoms with Gasteiger partial charge in [0, 0.05) is 16.9 Å². The molecule has 0 saturated carbocycles. The van der Waals surface area contributed by atoms with Crippen LogP contribution in [0, 0.1) is 0 Å². The van der Waals surface area contributed by atoms with Crippen LogP contribution in [0.4, 0.5) is 5.13 Å². The van der Waals surface area contributed by atoms with Crippen molar-refractivity contribution in [2.24, 2.45) is 5.10 Å². The predicted octanol–water partition coefficient (Wildman–Crippen LogP) is 7.96. The van der Waals surface area contributed by atoms with E-state index in [9.17, 15) is 4.79 Å². The van der Waals surface area contributed by atoms with Gasteiger partial charge in [-0.25, -0.2) is 14.8 Å². The quantitative estimate of drug-likeness (QED) is 0.128. The van der Waals surface area contributed by atoms with Crippen LogP contribution in [0.5, 0.6) is 17.2 Å². The number of ether oxygens (including phenoxy) is 3. The van der Waals surface area contributed by atoms with Crippen LogP contribution in [-0.2, 0) is 6.42 Å². The van der Waals surface area contributed by atoms with Crippen LogP contribution in [0.15, 0.2) is 108 Å². The zero-order valence-electron chi connectivity index (χ0n) is 24.2. The molecule has 0 spiro atoms. The molecule has 8 heteroatoms. The lowest BCUT2D eigenvalue weighted by Gasteiger charge is -2.21. The number of aromatic nitrogens is 1. The number of thiazole rings is 1. The number of rotatable bonds is 9. The smallest absolute Gasteiger partial charge is 0.343 e. The molecule has 4 aromatic carbocycles. The molecular formula is C35H31N3O4S. The average Bonchev–Trinajstić information content (AvgIpc) is 3.71. The van der Waals surface area contributed by atoms with Crippen LogP contribution < -0.4 is 19.2 Å². The van der Waals surface area contributed by atoms with Crippen LogP contribution in [0.1, 0.15) is 45.7 Å². The van der Waals surface area contributed by atoms with Crippen molar-refractivity contribution in [1.29, 1.82) is 0 Å². The fourth-order valence-corrected chi connectivity index (χ4v) is 6.08. The van der Waals surface area contributed by atoms with E-state index in [4.69, 9.17) is 24.3 Å². The van der Waals surface area contributed by atoms with Crippen LogP contribution in [-0.4, -0.2) is 30.9 Å². The summed E-state index contributed by atoms with van der Waals surface area (Å²) in [6.07, 6.45) is 1.56. The molecule has 0 bridgehead atoms. The summed E-state index contributed by atoms with van der Waals surface area (Å²) in [4.78, 5) is 18.8. The minimum absolute atomic E-state index is 0.0218. The number of esters is 1. The molecule has 0 saturated heterocycles. The van der Waals surface area contributed by atoms with Crippen molar-refractivity contribution in [2.45, 2.75) is 25.8 Å². The number of carbonyl (C=O) groups is 1. The highest BCUT2D eigenvalue weighted by Crippen LogP contribution is 2.42. The lowest BCUT2D eigenvalue weighted by Crippen LogP contribution is -2.18. The second kappa shape index (κ2) is 12.5. The van der Waals surface area contributed by atoms with E-state index in [0.29, 0.717) is 11.3 Å². The van der Waals surface area contributed by atoms with Crippen molar-refractivity contribution in [2.75, 3.05) is 19.2 Å². The van der Waals surface area contributed by atoms with Crippen molar-refractivity contribution in [1.82, 2.24) is 4.98 Å². The molecule has 1 atom stereocenters. The molecule has 216 valence electrons. The molecule has 0 N–H and O–H groups in total. The van der Waals surface area contributed by atoms with E-state index < -0.39 is 0 Å². The van der Waals surface area contributed by atoms with E-state index in [1.165, 1.54) is 0 Å². The molecule has 1 aliphatic rings. The zero-order chi connectivity index (χ0) is 29.8. The number of carbonyl (C=O) groups excluding carboxylic acids is 1. The summed E-state index contributed by atoms with van der Waals surface area (Å²) in [7, 11) is 3.34. The first-order chi connectivity index (χ1) is 21.1. The van der Waals surface area contributed by atoms with Gasteiger partial charge < -0.3 is 14.2 Å². The molecule has 2 heterocycles. The Morgan fingerprint density at radius 3 is 2.05 bits per heavy atom. The number of aryl methyl sites for hydroxylation is 1. The third-order valence-corrected chi connectivity index (χ3v) is 8.57. The Bertz CT molecular complexity index is 1730. The van der Waals surface area contributed by atoms with Crippen molar-refractivity contribution >= 4 is 28.1 Å². The Morgan fingerprint density at radius 1 is 0.814 bits per heavy atom. The molecule has 0 aliphatic carbocycles. The molecule has 0 fully saturated rings. The number of hydrogen-bond donors (Lipinski definition) is 0. The number of methoxy groups -OCH3 is 2. The Morgan fingerprint density at radius 2 is 1.42 bits per heavy atom. The number of nitrogens with zero attached hydrogens (tertiary/aromatic N) is 3. The maximum Gasteiger partial charge on any atom is 0.343 e. The van der Waals surface area contributed by atoms with Gasteiger partial charge in [-0.1, -0.05) is 48.6 Å². The van der Waals surface area contributed by atoms with E-state index in [1.54, 1.807) is 37.7 Å². The third kappa shape index (κ3) is 6.01. The second-order valence-electron chi connectivity index (χ2n) is 10.0. The van der Waals surface area contributed by atoms with Crippen molar-refractivity contribution < 1.29 is 19.0 Å². The van der Waals surface area contributed by atoms with Gasteiger partial charge in [0.1, 0.15) is 17.2 Å². The standard InChI is InChI=1S/C35H31N3O4S/c1-4-32-33(25-14-20-29(21-15-25)42-34(39)26-8-6-5-7-9-26)36-35(43-32)38-31(24-12-18-28(41-3)19-13-24)22-30(37-38)23-10-16-27(40-2)17-11-23/h5-21,31H,4,22H2,1-3H3/t31-/m0/s1. The third-order valence-electron chi connectivity index (χ3n) is 7.39. The second-order valence-corrected chi connectivity index (χ2v) is 11.1. The van der Waals surface area contributed by atoms with Gasteiger partial charge in [-0.15, -0.1) is 0 Å². The maximum atomic E-state index is 12.5. The summed E-state index contributed by atoms with van der Waals surface area (Å²) in [5.41, 5.74) is 5.55. The largest absolute Gasteiger partial charge is 0.497 e. The Kier molecular flexibility index (Phi) is 8.20. The SMILES string of the molecule is CCc1sc(N2N=C(c3ccc(OC)cc3)C[C@H]2c2ccc(OC)cc2)nc1-c1ccc(OC(=O)c2ccccc2)cc1. The van der Waals surface area contributed by atoms with Crippen LogP contribution >= 0.6 is 11.3 Å². The summed E-state index contributed by atoms with van der Waals surface area (Å²) < 4.78 is 16.3. The maximum absolute atomic E-state index is 12.5. The number of benzene rings is 4. The van der Waals surface area contributed by atoms with E-state index in [2.05, 4.69) is 19.1 Å². The van der Waals surface area contributed by atoms with Gasteiger partial charge in [0.2, 0.25) is 5.13 Å². The van der Waals surface area contributed by atoms with E-state index >= 15 is 0 Å². The van der Waals surface area contributed by atoms with Crippen molar-refractivity contribution in [3.05, 3.63) is 125 Å². The van der Waals surface area contributed by atoms with Crippen LogP contribution in [0.2, 0.25) is 0 Å². The average molecular weight is 590 g/mol. The van der Waals surface area contributed by atoms with E-state index in [1.807, 2.05) is 83.9 Å². The van der Waals surface area contributed by atoms with Gasteiger partial charge >= 0.3 is 5.97 Å². The molecule has 0 unspecified atom stereocenters. The highest BCUT2D eigenvalue weighted by molar-refractivity contribution is 7.16. The zero-order valence-corrected chi connectivity index (χ0v) is 25.0. The number of hydrogen-bond acceptors (Lipinski definition) is 8. The summed E-state index contributed by atoms with van der Waals surface area (Å²) in [5.74, 6) is 1.72.